The Hall–Kier alpha value is -2.70. The summed E-state index contributed by atoms with van der Waals surface area (Å²) in [7, 11) is 0. The first kappa shape index (κ1) is 14.2. The van der Waals surface area contributed by atoms with Crippen molar-refractivity contribution in [2.45, 2.75) is 33.0 Å². The smallest absolute Gasteiger partial charge is 0.242 e. The molecule has 0 aliphatic carbocycles. The number of nitrogens with one attached hydrogen (secondary N) is 2. The van der Waals surface area contributed by atoms with Gasteiger partial charge in [-0.1, -0.05) is 29.5 Å². The van der Waals surface area contributed by atoms with Gasteiger partial charge in [-0.15, -0.1) is 5.10 Å². The summed E-state index contributed by atoms with van der Waals surface area (Å²) < 4.78 is 1.57. The van der Waals surface area contributed by atoms with Crippen LogP contribution >= 0.6 is 0 Å². The molecule has 0 unspecified atom stereocenters. The molecule has 1 aliphatic rings. The van der Waals surface area contributed by atoms with Gasteiger partial charge in [0.25, 0.3) is 0 Å². The number of nitrogens with zero attached hydrogens (tertiary/aromatic N) is 3. The zero-order chi connectivity index (χ0) is 15.5. The zero-order valence-electron chi connectivity index (χ0n) is 12.3. The predicted molar refractivity (Wildman–Crippen MR) is 78.6 cm³/mol. The fourth-order valence-corrected chi connectivity index (χ4v) is 2.43. The number of aromatic nitrogens is 3. The quantitative estimate of drug-likeness (QED) is 0.836. The van der Waals surface area contributed by atoms with Crippen molar-refractivity contribution in [3.05, 3.63) is 46.8 Å². The number of hydrogen-bond acceptors (Lipinski definition) is 4. The lowest BCUT2D eigenvalue weighted by atomic mass is 10.1. The predicted octanol–water partition coefficient (Wildman–Crippen LogP) is 0.0752. The van der Waals surface area contributed by atoms with Gasteiger partial charge in [0.1, 0.15) is 12.2 Å². The maximum absolute atomic E-state index is 12.0. The average Bonchev–Trinajstić information content (AvgIpc) is 2.89. The van der Waals surface area contributed by atoms with Crippen LogP contribution < -0.4 is 10.6 Å². The van der Waals surface area contributed by atoms with Crippen molar-refractivity contribution in [2.24, 2.45) is 0 Å². The van der Waals surface area contributed by atoms with Gasteiger partial charge in [-0.2, -0.15) is 0 Å². The fraction of sp³-hybridized carbons (Fsp3) is 0.333. The Kier molecular flexibility index (Phi) is 3.86. The lowest BCUT2D eigenvalue weighted by molar-refractivity contribution is -0.123. The van der Waals surface area contributed by atoms with Gasteiger partial charge in [0.2, 0.25) is 11.8 Å². The molecule has 2 amide bonds. The molecule has 2 N–H and O–H groups in total. The highest BCUT2D eigenvalue weighted by Gasteiger charge is 2.20. The Labute approximate surface area is 127 Å². The van der Waals surface area contributed by atoms with Crippen LogP contribution in [0.25, 0.3) is 0 Å². The largest absolute Gasteiger partial charge is 0.350 e. The molecule has 0 spiro atoms. The van der Waals surface area contributed by atoms with Crippen molar-refractivity contribution in [3.8, 4) is 0 Å². The number of aryl methyl sites for hydroxylation is 1. The number of carbonyl (C=O) groups is 2. The summed E-state index contributed by atoms with van der Waals surface area (Å²) in [4.78, 5) is 23.3. The summed E-state index contributed by atoms with van der Waals surface area (Å²) in [6, 6.07) is 7.81. The van der Waals surface area contributed by atoms with Crippen LogP contribution in [-0.4, -0.2) is 26.8 Å². The van der Waals surface area contributed by atoms with Gasteiger partial charge in [-0.25, -0.2) is 4.68 Å². The molecule has 114 valence electrons. The van der Waals surface area contributed by atoms with Crippen LogP contribution in [0.1, 0.15) is 22.5 Å². The molecule has 1 aromatic carbocycles. The minimum Gasteiger partial charge on any atom is -0.350 e. The Balaban J connectivity index is 1.60. The Bertz CT molecular complexity index is 722. The minimum atomic E-state index is -0.0764. The summed E-state index contributed by atoms with van der Waals surface area (Å²) in [6.45, 7) is 2.88. The van der Waals surface area contributed by atoms with Crippen LogP contribution in [-0.2, 0) is 35.6 Å². The summed E-state index contributed by atoms with van der Waals surface area (Å²) in [5.41, 5.74) is 3.65. The number of hydrogen-bond donors (Lipinski definition) is 2. The van der Waals surface area contributed by atoms with Crippen LogP contribution in [0.15, 0.2) is 24.3 Å². The molecule has 2 aromatic rings. The lowest BCUT2D eigenvalue weighted by Crippen LogP contribution is -2.35. The third-order valence-electron chi connectivity index (χ3n) is 3.73. The van der Waals surface area contributed by atoms with Crippen molar-refractivity contribution in [3.63, 3.8) is 0 Å². The van der Waals surface area contributed by atoms with Gasteiger partial charge in [0.15, 0.2) is 0 Å². The number of amides is 2. The van der Waals surface area contributed by atoms with E-state index in [0.29, 0.717) is 25.2 Å². The number of fused-ring (bicyclic) bond motifs is 1. The van der Waals surface area contributed by atoms with E-state index in [4.69, 9.17) is 0 Å². The lowest BCUT2D eigenvalue weighted by Gasteiger charge is -2.14. The van der Waals surface area contributed by atoms with Crippen molar-refractivity contribution >= 4 is 11.8 Å². The van der Waals surface area contributed by atoms with E-state index in [0.717, 1.165) is 16.8 Å². The van der Waals surface area contributed by atoms with E-state index in [1.165, 1.54) is 0 Å². The van der Waals surface area contributed by atoms with Crippen molar-refractivity contribution < 1.29 is 9.59 Å². The van der Waals surface area contributed by atoms with Crippen LogP contribution in [0.4, 0.5) is 0 Å². The first-order chi connectivity index (χ1) is 10.6. The van der Waals surface area contributed by atoms with E-state index in [1.54, 1.807) is 4.68 Å². The molecule has 1 aliphatic heterocycles. The standard InChI is InChI=1S/C15H17N5O2/c1-10-4-2-3-5-11(10)6-14(21)16-7-12-13-8-17-15(22)9-20(13)19-18-12/h2-5H,6-9H2,1H3,(H,16,21)(H,17,22). The Morgan fingerprint density at radius 3 is 3.05 bits per heavy atom. The summed E-state index contributed by atoms with van der Waals surface area (Å²) >= 11 is 0. The Morgan fingerprint density at radius 2 is 2.23 bits per heavy atom. The third-order valence-corrected chi connectivity index (χ3v) is 3.73. The van der Waals surface area contributed by atoms with E-state index in [1.807, 2.05) is 31.2 Å². The summed E-state index contributed by atoms with van der Waals surface area (Å²) in [6.07, 6.45) is 0.340. The average molecular weight is 299 g/mol. The van der Waals surface area contributed by atoms with Gasteiger partial charge >= 0.3 is 0 Å². The molecule has 0 saturated carbocycles. The highest BCUT2D eigenvalue weighted by atomic mass is 16.2. The highest BCUT2D eigenvalue weighted by molar-refractivity contribution is 5.79. The highest BCUT2D eigenvalue weighted by Crippen LogP contribution is 2.10. The molecule has 7 heteroatoms. The van der Waals surface area contributed by atoms with Gasteiger partial charge < -0.3 is 10.6 Å². The first-order valence-corrected chi connectivity index (χ1v) is 7.12. The zero-order valence-corrected chi connectivity index (χ0v) is 12.3. The van der Waals surface area contributed by atoms with E-state index in [9.17, 15) is 9.59 Å². The normalized spacial score (nSPS) is 13.4. The van der Waals surface area contributed by atoms with Crippen molar-refractivity contribution in [2.75, 3.05) is 0 Å². The molecule has 3 rings (SSSR count). The van der Waals surface area contributed by atoms with E-state index in [2.05, 4.69) is 20.9 Å². The molecule has 0 saturated heterocycles. The van der Waals surface area contributed by atoms with Crippen LogP contribution in [0.3, 0.4) is 0 Å². The van der Waals surface area contributed by atoms with Gasteiger partial charge in [0.05, 0.1) is 25.2 Å². The molecule has 2 heterocycles. The molecule has 0 fully saturated rings. The maximum Gasteiger partial charge on any atom is 0.242 e. The van der Waals surface area contributed by atoms with Crippen LogP contribution in [0.2, 0.25) is 0 Å². The number of rotatable bonds is 4. The van der Waals surface area contributed by atoms with Gasteiger partial charge in [-0.3, -0.25) is 9.59 Å². The van der Waals surface area contributed by atoms with E-state index in [-0.39, 0.29) is 18.4 Å². The molecule has 0 bridgehead atoms. The molecule has 1 aromatic heterocycles. The summed E-state index contributed by atoms with van der Waals surface area (Å²) in [5, 5.41) is 13.6. The SMILES string of the molecule is Cc1ccccc1CC(=O)NCc1nnn2c1CNC(=O)C2. The second-order valence-electron chi connectivity index (χ2n) is 5.30. The molecule has 22 heavy (non-hydrogen) atoms. The first-order valence-electron chi connectivity index (χ1n) is 7.12. The second-order valence-corrected chi connectivity index (χ2v) is 5.30. The number of carbonyl (C=O) groups excluding carboxylic acids is 2. The monoisotopic (exact) mass is 299 g/mol. The van der Waals surface area contributed by atoms with Crippen molar-refractivity contribution in [1.82, 2.24) is 25.6 Å². The van der Waals surface area contributed by atoms with Gasteiger partial charge in [0, 0.05) is 0 Å². The molecular weight excluding hydrogens is 282 g/mol. The van der Waals surface area contributed by atoms with Crippen LogP contribution in [0.5, 0.6) is 0 Å². The van der Waals surface area contributed by atoms with E-state index >= 15 is 0 Å². The van der Waals surface area contributed by atoms with Crippen molar-refractivity contribution in [1.29, 1.82) is 0 Å². The summed E-state index contributed by atoms with van der Waals surface area (Å²) in [5.74, 6) is -0.136. The topological polar surface area (TPSA) is 88.9 Å². The van der Waals surface area contributed by atoms with Crippen LogP contribution in [0, 0.1) is 6.92 Å². The van der Waals surface area contributed by atoms with E-state index < -0.39 is 0 Å². The fourth-order valence-electron chi connectivity index (χ4n) is 2.43. The molecule has 7 nitrogen and oxygen atoms in total. The minimum absolute atomic E-state index is 0.0594. The van der Waals surface area contributed by atoms with Gasteiger partial charge in [-0.05, 0) is 18.1 Å². The number of benzene rings is 1. The second kappa shape index (κ2) is 5.97. The molecule has 0 atom stereocenters. The molecular formula is C15H17N5O2. The Morgan fingerprint density at radius 1 is 1.41 bits per heavy atom. The third kappa shape index (κ3) is 2.98. The maximum atomic E-state index is 12.0. The molecule has 0 radical (unpaired) electrons.